The van der Waals surface area contributed by atoms with Crippen molar-refractivity contribution in [3.05, 3.63) is 36.4 Å². The molecule has 0 aromatic carbocycles. The lowest BCUT2D eigenvalue weighted by Crippen LogP contribution is -2.53. The van der Waals surface area contributed by atoms with Crippen molar-refractivity contribution in [1.82, 2.24) is 24.9 Å². The van der Waals surface area contributed by atoms with Gasteiger partial charge in [0.05, 0.1) is 41.9 Å². The largest absolute Gasteiger partial charge is 0.333 e. The number of rotatable bonds is 2. The quantitative estimate of drug-likeness (QED) is 0.808. The van der Waals surface area contributed by atoms with Gasteiger partial charge in [0.15, 0.2) is 0 Å². The van der Waals surface area contributed by atoms with Gasteiger partial charge in [-0.3, -0.25) is 14.3 Å². The number of aryl methyl sites for hydroxylation is 1. The van der Waals surface area contributed by atoms with E-state index >= 15 is 0 Å². The molecule has 124 valence electrons. The summed E-state index contributed by atoms with van der Waals surface area (Å²) >= 11 is 0. The maximum atomic E-state index is 12.8. The maximum Gasteiger partial charge on any atom is 0.255 e. The van der Waals surface area contributed by atoms with E-state index in [0.717, 1.165) is 12.1 Å². The van der Waals surface area contributed by atoms with Crippen molar-refractivity contribution in [2.45, 2.75) is 31.3 Å². The Morgan fingerprint density at radius 2 is 2.08 bits per heavy atom. The third-order valence-corrected chi connectivity index (χ3v) is 4.83. The van der Waals surface area contributed by atoms with Crippen LogP contribution in [0.1, 0.15) is 29.6 Å². The summed E-state index contributed by atoms with van der Waals surface area (Å²) in [5.74, 6) is 0.0574. The van der Waals surface area contributed by atoms with Crippen LogP contribution in [0, 0.1) is 0 Å². The molecule has 8 nitrogen and oxygen atoms in total. The number of piperidine rings is 1. The number of hydrogen-bond donors (Lipinski definition) is 0. The van der Waals surface area contributed by atoms with Crippen LogP contribution in [0.25, 0.3) is 0 Å². The van der Waals surface area contributed by atoms with Crippen molar-refractivity contribution in [3.8, 4) is 0 Å². The van der Waals surface area contributed by atoms with Gasteiger partial charge < -0.3 is 9.80 Å². The molecule has 2 aromatic heterocycles. The minimum absolute atomic E-state index is 0.00852. The average molecular weight is 326 g/mol. The Morgan fingerprint density at radius 3 is 2.79 bits per heavy atom. The fraction of sp³-hybridized carbons (Fsp3) is 0.438. The molecule has 0 aliphatic carbocycles. The van der Waals surface area contributed by atoms with Crippen LogP contribution in [0.4, 0.5) is 5.69 Å². The number of anilines is 1. The number of aromatic nitrogens is 4. The number of hydrogen-bond acceptors (Lipinski definition) is 5. The summed E-state index contributed by atoms with van der Waals surface area (Å²) in [4.78, 5) is 28.9. The zero-order valence-electron chi connectivity index (χ0n) is 13.4. The molecular formula is C16H18N6O2. The first-order valence-corrected chi connectivity index (χ1v) is 8.03. The normalized spacial score (nSPS) is 23.5. The Kier molecular flexibility index (Phi) is 3.51. The molecule has 0 saturated carbocycles. The minimum Gasteiger partial charge on any atom is -0.333 e. The van der Waals surface area contributed by atoms with E-state index in [9.17, 15) is 9.59 Å². The van der Waals surface area contributed by atoms with Gasteiger partial charge >= 0.3 is 0 Å². The fourth-order valence-electron chi connectivity index (χ4n) is 3.77. The van der Waals surface area contributed by atoms with Crippen molar-refractivity contribution in [1.29, 1.82) is 0 Å². The Labute approximate surface area is 139 Å². The molecule has 2 fully saturated rings. The highest BCUT2D eigenvalue weighted by atomic mass is 16.2. The first kappa shape index (κ1) is 14.8. The van der Waals surface area contributed by atoms with Gasteiger partial charge in [0.1, 0.15) is 0 Å². The van der Waals surface area contributed by atoms with Crippen LogP contribution in [0.3, 0.4) is 0 Å². The first-order chi connectivity index (χ1) is 11.6. The molecular weight excluding hydrogens is 308 g/mol. The minimum atomic E-state index is -0.0436. The Hall–Kier alpha value is -2.77. The molecule has 0 spiro atoms. The van der Waals surface area contributed by atoms with Crippen LogP contribution < -0.4 is 4.90 Å². The molecule has 24 heavy (non-hydrogen) atoms. The highest BCUT2D eigenvalue weighted by Gasteiger charge is 2.45. The van der Waals surface area contributed by atoms with Crippen LogP contribution in [0.15, 0.2) is 30.9 Å². The number of likely N-dealkylation sites (tertiary alicyclic amines) is 1. The van der Waals surface area contributed by atoms with Crippen molar-refractivity contribution in [3.63, 3.8) is 0 Å². The molecule has 0 unspecified atom stereocenters. The Morgan fingerprint density at radius 1 is 1.21 bits per heavy atom. The van der Waals surface area contributed by atoms with E-state index in [2.05, 4.69) is 15.3 Å². The number of amides is 2. The van der Waals surface area contributed by atoms with Gasteiger partial charge in [-0.1, -0.05) is 0 Å². The van der Waals surface area contributed by atoms with Crippen molar-refractivity contribution in [2.24, 2.45) is 7.05 Å². The molecule has 2 aliphatic rings. The average Bonchev–Trinajstić information content (AvgIpc) is 3.21. The predicted molar refractivity (Wildman–Crippen MR) is 85.2 cm³/mol. The van der Waals surface area contributed by atoms with Crippen LogP contribution in [0.5, 0.6) is 0 Å². The van der Waals surface area contributed by atoms with Gasteiger partial charge in [-0.25, -0.2) is 0 Å². The van der Waals surface area contributed by atoms with Gasteiger partial charge in [-0.05, 0) is 18.9 Å². The van der Waals surface area contributed by atoms with Gasteiger partial charge in [0.2, 0.25) is 5.91 Å². The third kappa shape index (κ3) is 2.34. The zero-order chi connectivity index (χ0) is 16.7. The van der Waals surface area contributed by atoms with Gasteiger partial charge in [0.25, 0.3) is 5.91 Å². The van der Waals surface area contributed by atoms with E-state index in [1.54, 1.807) is 16.9 Å². The van der Waals surface area contributed by atoms with E-state index in [1.165, 1.54) is 12.4 Å². The molecule has 8 heteroatoms. The van der Waals surface area contributed by atoms with E-state index in [0.29, 0.717) is 24.9 Å². The van der Waals surface area contributed by atoms with Crippen LogP contribution in [-0.2, 0) is 11.8 Å². The van der Waals surface area contributed by atoms with Crippen LogP contribution in [-0.4, -0.2) is 55.3 Å². The van der Waals surface area contributed by atoms with E-state index < -0.39 is 0 Å². The lowest BCUT2D eigenvalue weighted by atomic mass is 9.95. The number of carbonyl (C=O) groups is 2. The lowest BCUT2D eigenvalue weighted by molar-refractivity contribution is -0.120. The summed E-state index contributed by atoms with van der Waals surface area (Å²) in [6.45, 7) is 0.639. The Bertz CT molecular complexity index is 774. The van der Waals surface area contributed by atoms with Gasteiger partial charge in [-0.2, -0.15) is 15.3 Å². The molecule has 2 aromatic rings. The van der Waals surface area contributed by atoms with Gasteiger partial charge in [-0.15, -0.1) is 0 Å². The summed E-state index contributed by atoms with van der Waals surface area (Å²) in [6, 6.07) is 1.72. The molecule has 0 N–H and O–H groups in total. The smallest absolute Gasteiger partial charge is 0.255 e. The number of nitrogens with zero attached hydrogens (tertiary/aromatic N) is 6. The fourth-order valence-corrected chi connectivity index (χ4v) is 3.77. The van der Waals surface area contributed by atoms with Gasteiger partial charge in [0, 0.05) is 26.2 Å². The summed E-state index contributed by atoms with van der Waals surface area (Å²) in [6.07, 6.45) is 8.47. The van der Waals surface area contributed by atoms with E-state index in [1.807, 2.05) is 23.0 Å². The highest BCUT2D eigenvalue weighted by molar-refractivity contribution is 5.97. The second-order valence-corrected chi connectivity index (χ2v) is 6.23. The van der Waals surface area contributed by atoms with E-state index in [4.69, 9.17) is 0 Å². The molecule has 2 saturated heterocycles. The first-order valence-electron chi connectivity index (χ1n) is 8.03. The van der Waals surface area contributed by atoms with Crippen LogP contribution in [0.2, 0.25) is 0 Å². The third-order valence-electron chi connectivity index (χ3n) is 4.83. The summed E-state index contributed by atoms with van der Waals surface area (Å²) in [5.41, 5.74) is 1.34. The summed E-state index contributed by atoms with van der Waals surface area (Å²) in [7, 11) is 1.83. The molecule has 2 amide bonds. The topological polar surface area (TPSA) is 84.2 Å². The summed E-state index contributed by atoms with van der Waals surface area (Å²) in [5, 5.41) is 11.7. The number of carbonyl (C=O) groups excluding carboxylic acids is 2. The molecule has 0 radical (unpaired) electrons. The van der Waals surface area contributed by atoms with Crippen LogP contribution >= 0.6 is 0 Å². The second-order valence-electron chi connectivity index (χ2n) is 6.23. The highest BCUT2D eigenvalue weighted by Crippen LogP contribution is 2.35. The number of fused-ring (bicyclic) bond motifs is 1. The molecule has 2 aliphatic heterocycles. The maximum absolute atomic E-state index is 12.8. The SMILES string of the molecule is Cn1cc(N2C(=O)CC[C@@H]3[C@H]2CCN3C(=O)c2ccnnc2)cn1. The molecule has 4 heterocycles. The van der Waals surface area contributed by atoms with Crippen molar-refractivity contribution in [2.75, 3.05) is 11.4 Å². The second kappa shape index (κ2) is 5.70. The van der Waals surface area contributed by atoms with E-state index in [-0.39, 0.29) is 23.9 Å². The summed E-state index contributed by atoms with van der Waals surface area (Å²) < 4.78 is 1.69. The molecule has 0 bridgehead atoms. The zero-order valence-corrected chi connectivity index (χ0v) is 13.4. The standard InChI is InChI=1S/C16H18N6O2/c1-20-10-12(9-19-20)22-14-5-7-21(13(14)2-3-15(22)23)16(24)11-4-6-17-18-8-11/h4,6,8-10,13-14H,2-3,5,7H2,1H3/t13-,14-/m1/s1. The molecule has 2 atom stereocenters. The predicted octanol–water partition coefficient (Wildman–Crippen LogP) is 0.620. The molecule has 4 rings (SSSR count). The van der Waals surface area contributed by atoms with Crippen molar-refractivity contribution >= 4 is 17.5 Å². The van der Waals surface area contributed by atoms with Crippen molar-refractivity contribution < 1.29 is 9.59 Å². The Balaban J connectivity index is 1.61. The monoisotopic (exact) mass is 326 g/mol. The lowest BCUT2D eigenvalue weighted by Gasteiger charge is -2.39.